The lowest BCUT2D eigenvalue weighted by molar-refractivity contribution is 0.669. The van der Waals surface area contributed by atoms with Crippen LogP contribution < -0.4 is 0 Å². The average Bonchev–Trinajstić information content (AvgIpc) is 2.64. The first kappa shape index (κ1) is 5.07. The Labute approximate surface area is 62.0 Å². The van der Waals surface area contributed by atoms with Gasteiger partial charge in [-0.05, 0) is 12.1 Å². The Morgan fingerprint density at radius 1 is 0.909 bits per heavy atom. The fraction of sp³-hybridized carbons (Fsp3) is 0. The lowest BCUT2D eigenvalue weighted by Crippen LogP contribution is -1.74. The second-order valence-electron chi connectivity index (χ2n) is 2.46. The Morgan fingerprint density at radius 3 is 2.00 bits per heavy atom. The van der Waals surface area contributed by atoms with E-state index >= 15 is 0 Å². The first-order valence-electron chi connectivity index (χ1n) is 3.38. The van der Waals surface area contributed by atoms with E-state index in [2.05, 4.69) is 10.2 Å². The van der Waals surface area contributed by atoms with Gasteiger partial charge in [-0.2, -0.15) is 0 Å². The van der Waals surface area contributed by atoms with E-state index in [1.807, 2.05) is 24.3 Å². The Kier molecular flexibility index (Phi) is 0.692. The number of aromatic nitrogens is 2. The van der Waals surface area contributed by atoms with Crippen LogP contribution in [0.15, 0.2) is 28.7 Å². The monoisotopic (exact) mass is 144 g/mol. The molecule has 0 spiro atoms. The van der Waals surface area contributed by atoms with Crippen LogP contribution in [0.5, 0.6) is 0 Å². The molecular weight excluding hydrogens is 140 g/mol. The highest BCUT2D eigenvalue weighted by Gasteiger charge is 2.09. The lowest BCUT2D eigenvalue weighted by atomic mass is 10.2. The summed E-state index contributed by atoms with van der Waals surface area (Å²) in [6, 6.07) is 7.89. The van der Waals surface area contributed by atoms with Crippen LogP contribution in [0.2, 0.25) is 0 Å². The highest BCUT2D eigenvalue weighted by molar-refractivity contribution is 6.02. The van der Waals surface area contributed by atoms with Crippen LogP contribution in [0.1, 0.15) is 0 Å². The number of hydrogen-bond donors (Lipinski definition) is 0. The van der Waals surface area contributed by atoms with Crippen LogP contribution >= 0.6 is 0 Å². The number of fused-ring (bicyclic) bond motifs is 5. The van der Waals surface area contributed by atoms with Gasteiger partial charge in [0.15, 0.2) is 0 Å². The zero-order valence-corrected chi connectivity index (χ0v) is 5.61. The zero-order valence-electron chi connectivity index (χ0n) is 5.61. The molecule has 3 rings (SSSR count). The minimum absolute atomic E-state index is 0.635. The topological polar surface area (TPSA) is 38.9 Å². The minimum atomic E-state index is 0.635. The van der Waals surface area contributed by atoms with Gasteiger partial charge < -0.3 is 4.42 Å². The first-order chi connectivity index (χ1) is 5.45. The molecule has 0 aliphatic carbocycles. The standard InChI is InChI=1S/C8H4N2O/c1-2-4-6-5(3-1)7-9-10-8(6)11-7/h1-4H. The van der Waals surface area contributed by atoms with Gasteiger partial charge in [0, 0.05) is 0 Å². The fourth-order valence-corrected chi connectivity index (χ4v) is 1.30. The lowest BCUT2D eigenvalue weighted by Gasteiger charge is -1.85. The van der Waals surface area contributed by atoms with Gasteiger partial charge in [0.1, 0.15) is 0 Å². The first-order valence-corrected chi connectivity index (χ1v) is 3.38. The van der Waals surface area contributed by atoms with Crippen molar-refractivity contribution in [1.82, 2.24) is 10.2 Å². The third kappa shape index (κ3) is 0.487. The SMILES string of the molecule is c1ccc2c3nnc(o3)c2c1. The number of hydrogen-bond acceptors (Lipinski definition) is 3. The van der Waals surface area contributed by atoms with Crippen molar-refractivity contribution in [3.05, 3.63) is 24.3 Å². The van der Waals surface area contributed by atoms with Crippen molar-refractivity contribution in [2.75, 3.05) is 0 Å². The van der Waals surface area contributed by atoms with Crippen LogP contribution in [0.3, 0.4) is 0 Å². The van der Waals surface area contributed by atoms with Crippen LogP contribution in [-0.4, -0.2) is 10.2 Å². The summed E-state index contributed by atoms with van der Waals surface area (Å²) in [7, 11) is 0. The largest absolute Gasteiger partial charge is 0.416 e. The van der Waals surface area contributed by atoms with Crippen molar-refractivity contribution < 1.29 is 4.42 Å². The maximum atomic E-state index is 5.24. The molecule has 52 valence electrons. The Bertz CT molecular complexity index is 456. The summed E-state index contributed by atoms with van der Waals surface area (Å²) >= 11 is 0. The molecule has 11 heavy (non-hydrogen) atoms. The molecule has 0 atom stereocenters. The molecule has 0 N–H and O–H groups in total. The molecule has 0 aliphatic rings. The number of benzene rings is 1. The van der Waals surface area contributed by atoms with E-state index in [-0.39, 0.29) is 0 Å². The van der Waals surface area contributed by atoms with E-state index in [1.165, 1.54) is 0 Å². The predicted molar refractivity (Wildman–Crippen MR) is 40.5 cm³/mol. The average molecular weight is 144 g/mol. The van der Waals surface area contributed by atoms with E-state index in [0.717, 1.165) is 10.8 Å². The second-order valence-corrected chi connectivity index (χ2v) is 2.46. The molecule has 0 saturated heterocycles. The van der Waals surface area contributed by atoms with E-state index in [1.54, 1.807) is 0 Å². The van der Waals surface area contributed by atoms with Crippen LogP contribution in [-0.2, 0) is 0 Å². The van der Waals surface area contributed by atoms with Gasteiger partial charge in [-0.25, -0.2) is 0 Å². The summed E-state index contributed by atoms with van der Waals surface area (Å²) in [5.74, 6) is 0. The molecular formula is C8H4N2O. The van der Waals surface area contributed by atoms with Crippen LogP contribution in [0.25, 0.3) is 22.2 Å². The molecule has 0 saturated carbocycles. The molecule has 0 fully saturated rings. The van der Waals surface area contributed by atoms with Gasteiger partial charge >= 0.3 is 0 Å². The van der Waals surface area contributed by atoms with Crippen LogP contribution in [0, 0.1) is 0 Å². The molecule has 2 bridgehead atoms. The van der Waals surface area contributed by atoms with Crippen molar-refractivity contribution in [2.24, 2.45) is 0 Å². The highest BCUT2D eigenvalue weighted by atomic mass is 16.4. The fourth-order valence-electron chi connectivity index (χ4n) is 1.30. The van der Waals surface area contributed by atoms with Crippen molar-refractivity contribution in [3.63, 3.8) is 0 Å². The zero-order chi connectivity index (χ0) is 7.26. The van der Waals surface area contributed by atoms with Crippen molar-refractivity contribution in [3.8, 4) is 0 Å². The molecule has 3 nitrogen and oxygen atoms in total. The molecule has 3 heteroatoms. The normalized spacial score (nSPS) is 11.6. The van der Waals surface area contributed by atoms with Crippen molar-refractivity contribution in [1.29, 1.82) is 0 Å². The van der Waals surface area contributed by atoms with Gasteiger partial charge in [-0.15, -0.1) is 10.2 Å². The highest BCUT2D eigenvalue weighted by Crippen LogP contribution is 2.25. The van der Waals surface area contributed by atoms with Gasteiger partial charge in [-0.3, -0.25) is 0 Å². The summed E-state index contributed by atoms with van der Waals surface area (Å²) < 4.78 is 5.24. The van der Waals surface area contributed by atoms with Gasteiger partial charge in [0.2, 0.25) is 11.4 Å². The minimum Gasteiger partial charge on any atom is -0.416 e. The number of rotatable bonds is 0. The van der Waals surface area contributed by atoms with E-state index in [0.29, 0.717) is 11.4 Å². The molecule has 0 unspecified atom stereocenters. The predicted octanol–water partition coefficient (Wildman–Crippen LogP) is 1.81. The van der Waals surface area contributed by atoms with Gasteiger partial charge in [0.05, 0.1) is 10.8 Å². The smallest absolute Gasteiger partial charge is 0.248 e. The molecule has 3 aromatic rings. The molecule has 0 aliphatic heterocycles. The van der Waals surface area contributed by atoms with E-state index in [9.17, 15) is 0 Å². The molecule has 2 aromatic heterocycles. The van der Waals surface area contributed by atoms with Gasteiger partial charge in [-0.1, -0.05) is 12.1 Å². The Morgan fingerprint density at radius 2 is 1.45 bits per heavy atom. The van der Waals surface area contributed by atoms with Crippen molar-refractivity contribution >= 4 is 22.2 Å². The quantitative estimate of drug-likeness (QED) is 0.483. The second kappa shape index (κ2) is 1.50. The summed E-state index contributed by atoms with van der Waals surface area (Å²) in [6.45, 7) is 0. The van der Waals surface area contributed by atoms with Crippen LogP contribution in [0.4, 0.5) is 0 Å². The Balaban J connectivity index is 2.76. The van der Waals surface area contributed by atoms with Gasteiger partial charge in [0.25, 0.3) is 0 Å². The summed E-state index contributed by atoms with van der Waals surface area (Å²) in [5, 5.41) is 9.76. The Hall–Kier alpha value is -1.64. The molecule has 2 heterocycles. The molecule has 1 aromatic carbocycles. The van der Waals surface area contributed by atoms with E-state index in [4.69, 9.17) is 4.42 Å². The molecule has 0 amide bonds. The third-order valence-corrected chi connectivity index (χ3v) is 1.81. The van der Waals surface area contributed by atoms with Crippen molar-refractivity contribution in [2.45, 2.75) is 0 Å². The molecule has 0 radical (unpaired) electrons. The maximum Gasteiger partial charge on any atom is 0.248 e. The summed E-state index contributed by atoms with van der Waals surface area (Å²) in [6.07, 6.45) is 0. The maximum absolute atomic E-state index is 5.24. The number of nitrogens with zero attached hydrogens (tertiary/aromatic N) is 2. The van der Waals surface area contributed by atoms with E-state index < -0.39 is 0 Å². The summed E-state index contributed by atoms with van der Waals surface area (Å²) in [5.41, 5.74) is 1.27. The summed E-state index contributed by atoms with van der Waals surface area (Å²) in [4.78, 5) is 0. The number of furan rings is 1. The third-order valence-electron chi connectivity index (χ3n) is 1.81.